The van der Waals surface area contributed by atoms with Gasteiger partial charge in [0.1, 0.15) is 11.4 Å². The number of carbonyl (C=O) groups excluding carboxylic acids is 1. The average molecular weight is 341 g/mol. The fourth-order valence-electron chi connectivity index (χ4n) is 3.28. The van der Waals surface area contributed by atoms with Gasteiger partial charge in [-0.2, -0.15) is 0 Å². The molecular formula is C18H23N5O2. The van der Waals surface area contributed by atoms with Gasteiger partial charge in [-0.3, -0.25) is 4.79 Å². The van der Waals surface area contributed by atoms with Crippen molar-refractivity contribution in [3.63, 3.8) is 0 Å². The third-order valence-electron chi connectivity index (χ3n) is 5.10. The molecule has 4 rings (SSSR count). The molecule has 1 N–H and O–H groups in total. The Morgan fingerprint density at radius 3 is 2.68 bits per heavy atom. The van der Waals surface area contributed by atoms with Crippen LogP contribution in [0.4, 0.5) is 0 Å². The molecule has 2 fully saturated rings. The minimum absolute atomic E-state index is 0.108. The van der Waals surface area contributed by atoms with E-state index in [1.807, 2.05) is 17.7 Å². The van der Waals surface area contributed by atoms with Gasteiger partial charge in [0.25, 0.3) is 5.91 Å². The Bertz CT molecular complexity index is 763. The first-order chi connectivity index (χ1) is 12.2. The lowest BCUT2D eigenvalue weighted by Gasteiger charge is -2.26. The lowest BCUT2D eigenvalue weighted by Crippen LogP contribution is -2.40. The van der Waals surface area contributed by atoms with Crippen molar-refractivity contribution >= 4 is 5.91 Å². The molecule has 0 aromatic carbocycles. The monoisotopic (exact) mass is 341 g/mol. The molecule has 132 valence electrons. The standard InChI is InChI=1S/C18H23N5O2/c1-23-11-19-10-16(23)17-21-14(12-5-7-25-8-6-12)9-15(22-17)18(24)20-13-3-2-4-13/h9-13H,2-8H2,1H3,(H,20,24). The van der Waals surface area contributed by atoms with Gasteiger partial charge in [-0.05, 0) is 38.2 Å². The second kappa shape index (κ2) is 6.92. The molecule has 0 spiro atoms. The largest absolute Gasteiger partial charge is 0.381 e. The highest BCUT2D eigenvalue weighted by atomic mass is 16.5. The van der Waals surface area contributed by atoms with Crippen LogP contribution in [-0.4, -0.2) is 44.7 Å². The van der Waals surface area contributed by atoms with Gasteiger partial charge in [-0.25, -0.2) is 15.0 Å². The summed E-state index contributed by atoms with van der Waals surface area (Å²) in [5.74, 6) is 0.755. The quantitative estimate of drug-likeness (QED) is 0.920. The molecule has 2 aliphatic rings. The number of aromatic nitrogens is 4. The van der Waals surface area contributed by atoms with Crippen molar-refractivity contribution in [3.8, 4) is 11.5 Å². The second-order valence-corrected chi connectivity index (χ2v) is 6.88. The number of amides is 1. The number of ether oxygens (including phenoxy) is 1. The molecule has 2 aromatic rings. The molecule has 0 radical (unpaired) electrons. The van der Waals surface area contributed by atoms with Gasteiger partial charge in [0, 0.05) is 37.9 Å². The number of hydrogen-bond acceptors (Lipinski definition) is 5. The van der Waals surface area contributed by atoms with E-state index in [0.29, 0.717) is 17.4 Å². The summed E-state index contributed by atoms with van der Waals surface area (Å²) in [6.07, 6.45) is 8.58. The summed E-state index contributed by atoms with van der Waals surface area (Å²) in [6, 6.07) is 2.14. The summed E-state index contributed by atoms with van der Waals surface area (Å²) in [4.78, 5) is 26.1. The number of aryl methyl sites for hydroxylation is 1. The van der Waals surface area contributed by atoms with Gasteiger partial charge >= 0.3 is 0 Å². The molecule has 0 atom stereocenters. The molecular weight excluding hydrogens is 318 g/mol. The van der Waals surface area contributed by atoms with Crippen LogP contribution in [0.5, 0.6) is 0 Å². The maximum Gasteiger partial charge on any atom is 0.270 e. The van der Waals surface area contributed by atoms with Crippen LogP contribution in [0.2, 0.25) is 0 Å². The summed E-state index contributed by atoms with van der Waals surface area (Å²) >= 11 is 0. The van der Waals surface area contributed by atoms with Gasteiger partial charge in [0.2, 0.25) is 0 Å². The van der Waals surface area contributed by atoms with Crippen LogP contribution in [0.1, 0.15) is 54.2 Å². The Balaban J connectivity index is 1.69. The number of rotatable bonds is 4. The predicted molar refractivity (Wildman–Crippen MR) is 92.1 cm³/mol. The van der Waals surface area contributed by atoms with Crippen LogP contribution in [0.3, 0.4) is 0 Å². The van der Waals surface area contributed by atoms with Crippen molar-refractivity contribution in [2.24, 2.45) is 7.05 Å². The number of carbonyl (C=O) groups is 1. The highest BCUT2D eigenvalue weighted by molar-refractivity contribution is 5.93. The fourth-order valence-corrected chi connectivity index (χ4v) is 3.28. The molecule has 0 unspecified atom stereocenters. The van der Waals surface area contributed by atoms with Crippen molar-refractivity contribution in [3.05, 3.63) is 30.0 Å². The molecule has 25 heavy (non-hydrogen) atoms. The summed E-state index contributed by atoms with van der Waals surface area (Å²) in [5, 5.41) is 3.07. The van der Waals surface area contributed by atoms with E-state index in [2.05, 4.69) is 15.3 Å². The van der Waals surface area contributed by atoms with Crippen molar-refractivity contribution < 1.29 is 9.53 Å². The van der Waals surface area contributed by atoms with Gasteiger partial charge < -0.3 is 14.6 Å². The first-order valence-electron chi connectivity index (χ1n) is 8.95. The second-order valence-electron chi connectivity index (χ2n) is 6.88. The Kier molecular flexibility index (Phi) is 4.48. The van der Waals surface area contributed by atoms with Gasteiger partial charge in [-0.1, -0.05) is 0 Å². The lowest BCUT2D eigenvalue weighted by atomic mass is 9.93. The number of nitrogens with zero attached hydrogens (tertiary/aromatic N) is 4. The Hall–Kier alpha value is -2.28. The molecule has 1 saturated carbocycles. The van der Waals surface area contributed by atoms with Crippen LogP contribution in [0.25, 0.3) is 11.5 Å². The molecule has 1 aliphatic heterocycles. The maximum absolute atomic E-state index is 12.6. The van der Waals surface area contributed by atoms with Crippen molar-refractivity contribution in [1.82, 2.24) is 24.8 Å². The van der Waals surface area contributed by atoms with E-state index in [9.17, 15) is 4.79 Å². The van der Waals surface area contributed by atoms with Crippen molar-refractivity contribution in [2.75, 3.05) is 13.2 Å². The highest BCUT2D eigenvalue weighted by Gasteiger charge is 2.24. The molecule has 1 aliphatic carbocycles. The summed E-state index contributed by atoms with van der Waals surface area (Å²) in [6.45, 7) is 1.47. The van der Waals surface area contributed by atoms with Crippen molar-refractivity contribution in [1.29, 1.82) is 0 Å². The first kappa shape index (κ1) is 16.2. The highest BCUT2D eigenvalue weighted by Crippen LogP contribution is 2.28. The summed E-state index contributed by atoms with van der Waals surface area (Å²) in [5.41, 5.74) is 2.18. The minimum Gasteiger partial charge on any atom is -0.381 e. The Morgan fingerprint density at radius 2 is 2.04 bits per heavy atom. The number of hydrogen-bond donors (Lipinski definition) is 1. The molecule has 2 aromatic heterocycles. The van der Waals surface area contributed by atoms with Crippen molar-refractivity contribution in [2.45, 2.75) is 44.1 Å². The fraction of sp³-hybridized carbons (Fsp3) is 0.556. The zero-order chi connectivity index (χ0) is 17.2. The molecule has 1 amide bonds. The van der Waals surface area contributed by atoms with E-state index in [1.54, 1.807) is 12.5 Å². The van der Waals surface area contributed by atoms with E-state index in [1.165, 1.54) is 6.42 Å². The van der Waals surface area contributed by atoms with Gasteiger partial charge in [0.05, 0.1) is 12.5 Å². The van der Waals surface area contributed by atoms with E-state index in [-0.39, 0.29) is 11.9 Å². The SMILES string of the molecule is Cn1cncc1-c1nc(C(=O)NC2CCC2)cc(C2CCOCC2)n1. The van der Waals surface area contributed by atoms with E-state index < -0.39 is 0 Å². The number of nitrogens with one attached hydrogen (secondary N) is 1. The molecule has 7 nitrogen and oxygen atoms in total. The minimum atomic E-state index is -0.108. The van der Waals surface area contributed by atoms with E-state index in [0.717, 1.165) is 50.3 Å². The Morgan fingerprint density at radius 1 is 1.24 bits per heavy atom. The van der Waals surface area contributed by atoms with E-state index >= 15 is 0 Å². The lowest BCUT2D eigenvalue weighted by molar-refractivity contribution is 0.0844. The molecule has 7 heteroatoms. The van der Waals surface area contributed by atoms with Gasteiger partial charge in [0.15, 0.2) is 5.82 Å². The molecule has 1 saturated heterocycles. The average Bonchev–Trinajstić information content (AvgIpc) is 3.04. The third-order valence-corrected chi connectivity index (χ3v) is 5.10. The maximum atomic E-state index is 12.6. The summed E-state index contributed by atoms with van der Waals surface area (Å²) < 4.78 is 7.33. The van der Waals surface area contributed by atoms with Gasteiger partial charge in [-0.15, -0.1) is 0 Å². The molecule has 0 bridgehead atoms. The molecule has 3 heterocycles. The van der Waals surface area contributed by atoms with Crippen LogP contribution in [0.15, 0.2) is 18.6 Å². The van der Waals surface area contributed by atoms with Crippen LogP contribution in [0, 0.1) is 0 Å². The van der Waals surface area contributed by atoms with Crippen LogP contribution in [-0.2, 0) is 11.8 Å². The zero-order valence-electron chi connectivity index (χ0n) is 14.4. The Labute approximate surface area is 146 Å². The number of imidazole rings is 1. The topological polar surface area (TPSA) is 81.9 Å². The first-order valence-corrected chi connectivity index (χ1v) is 8.95. The smallest absolute Gasteiger partial charge is 0.270 e. The van der Waals surface area contributed by atoms with Crippen LogP contribution < -0.4 is 5.32 Å². The predicted octanol–water partition coefficient (Wildman–Crippen LogP) is 2.05. The van der Waals surface area contributed by atoms with E-state index in [4.69, 9.17) is 9.72 Å². The normalized spacial score (nSPS) is 18.8. The summed E-state index contributed by atoms with van der Waals surface area (Å²) in [7, 11) is 1.90. The third kappa shape index (κ3) is 3.42. The zero-order valence-corrected chi connectivity index (χ0v) is 14.4. The van der Waals surface area contributed by atoms with Crippen LogP contribution >= 0.6 is 0 Å².